The molecule has 0 aromatic heterocycles. The molecule has 1 N–H and O–H groups in total. The lowest BCUT2D eigenvalue weighted by Gasteiger charge is -2.23. The van der Waals surface area contributed by atoms with Crippen molar-refractivity contribution in [1.29, 1.82) is 0 Å². The molecule has 62 valence electrons. The lowest BCUT2D eigenvalue weighted by Crippen LogP contribution is -2.33. The first-order chi connectivity index (χ1) is 4.59. The second-order valence-electron chi connectivity index (χ2n) is 2.62. The minimum Gasteiger partial charge on any atom is -0.392 e. The van der Waals surface area contributed by atoms with Crippen LogP contribution in [0.4, 0.5) is 0 Å². The highest BCUT2D eigenvalue weighted by molar-refractivity contribution is 6.13. The van der Waals surface area contributed by atoms with Crippen molar-refractivity contribution < 1.29 is 5.11 Å². The maximum absolute atomic E-state index is 9.19. The number of aliphatic hydroxyl groups is 1. The fourth-order valence-electron chi connectivity index (χ4n) is 1.01. The molecule has 0 aromatic rings. The van der Waals surface area contributed by atoms with E-state index < -0.39 is 0 Å². The molecule has 0 aliphatic carbocycles. The van der Waals surface area contributed by atoms with Crippen molar-refractivity contribution in [3.05, 3.63) is 0 Å². The maximum Gasteiger partial charge on any atom is 0.0680 e. The average Bonchev–Trinajstić information content (AvgIpc) is 1.81. The Kier molecular flexibility index (Phi) is 5.04. The second-order valence-corrected chi connectivity index (χ2v) is 3.15. The van der Waals surface area contributed by atoms with Gasteiger partial charge in [-0.05, 0) is 25.1 Å². The van der Waals surface area contributed by atoms with Crippen LogP contribution in [0.25, 0.3) is 0 Å². The number of nitrogens with zero attached hydrogens (tertiary/aromatic N) is 1. The van der Waals surface area contributed by atoms with Crippen LogP contribution in [0.1, 0.15) is 26.7 Å². The monoisotopic (exact) mass is 165 g/mol. The molecule has 0 fully saturated rings. The van der Waals surface area contributed by atoms with Crippen LogP contribution in [0.2, 0.25) is 0 Å². The Balaban J connectivity index is 3.73. The normalized spacial score (nSPS) is 17.4. The Morgan fingerprint density at radius 2 is 2.10 bits per heavy atom. The van der Waals surface area contributed by atoms with E-state index in [0.29, 0.717) is 0 Å². The SMILES string of the molecule is CCC[C@@H]([C@@H](C)O)N(C)Cl. The van der Waals surface area contributed by atoms with Crippen molar-refractivity contribution in [3.63, 3.8) is 0 Å². The number of hydrogen-bond acceptors (Lipinski definition) is 2. The van der Waals surface area contributed by atoms with Gasteiger partial charge in [-0.15, -0.1) is 0 Å². The number of halogens is 1. The molecule has 2 nitrogen and oxygen atoms in total. The zero-order valence-corrected chi connectivity index (χ0v) is 7.60. The Hall–Kier alpha value is 0.210. The zero-order chi connectivity index (χ0) is 8.15. The van der Waals surface area contributed by atoms with E-state index in [1.165, 1.54) is 0 Å². The van der Waals surface area contributed by atoms with E-state index in [-0.39, 0.29) is 12.1 Å². The van der Waals surface area contributed by atoms with E-state index in [1.54, 1.807) is 18.4 Å². The molecule has 0 unspecified atom stereocenters. The molecule has 0 saturated carbocycles. The molecule has 0 amide bonds. The van der Waals surface area contributed by atoms with Crippen molar-refractivity contribution in [2.75, 3.05) is 7.05 Å². The Labute approximate surface area is 67.9 Å². The Bertz CT molecular complexity index is 77.7. The Morgan fingerprint density at radius 1 is 1.60 bits per heavy atom. The third kappa shape index (κ3) is 3.40. The molecule has 0 heterocycles. The fourth-order valence-corrected chi connectivity index (χ4v) is 1.27. The summed E-state index contributed by atoms with van der Waals surface area (Å²) in [7, 11) is 1.77. The zero-order valence-electron chi connectivity index (χ0n) is 6.84. The first-order valence-electron chi connectivity index (χ1n) is 3.66. The van der Waals surface area contributed by atoms with Gasteiger partial charge in [0.1, 0.15) is 0 Å². The van der Waals surface area contributed by atoms with E-state index in [2.05, 4.69) is 6.92 Å². The predicted molar refractivity (Wildman–Crippen MR) is 44.0 cm³/mol. The molecule has 0 aliphatic rings. The van der Waals surface area contributed by atoms with E-state index >= 15 is 0 Å². The topological polar surface area (TPSA) is 23.5 Å². The van der Waals surface area contributed by atoms with Gasteiger partial charge in [-0.2, -0.15) is 0 Å². The highest BCUT2D eigenvalue weighted by Crippen LogP contribution is 2.10. The summed E-state index contributed by atoms with van der Waals surface area (Å²) in [5, 5.41) is 9.19. The van der Waals surface area contributed by atoms with E-state index in [1.807, 2.05) is 0 Å². The summed E-state index contributed by atoms with van der Waals surface area (Å²) in [5.41, 5.74) is 0. The second kappa shape index (κ2) is 4.94. The van der Waals surface area contributed by atoms with Gasteiger partial charge < -0.3 is 5.11 Å². The first-order valence-corrected chi connectivity index (χ1v) is 4.00. The first kappa shape index (κ1) is 10.2. The Morgan fingerprint density at radius 3 is 2.20 bits per heavy atom. The third-order valence-electron chi connectivity index (χ3n) is 1.60. The molecule has 0 bridgehead atoms. The van der Waals surface area contributed by atoms with Gasteiger partial charge in [0.25, 0.3) is 0 Å². The van der Waals surface area contributed by atoms with Gasteiger partial charge in [0.05, 0.1) is 12.1 Å². The molecular formula is C7H16ClNO. The van der Waals surface area contributed by atoms with Gasteiger partial charge in [0.15, 0.2) is 0 Å². The van der Waals surface area contributed by atoms with Crippen molar-refractivity contribution in [2.45, 2.75) is 38.8 Å². The predicted octanol–water partition coefficient (Wildman–Crippen LogP) is 1.62. The molecule has 0 rings (SSSR count). The lowest BCUT2D eigenvalue weighted by atomic mass is 10.1. The van der Waals surface area contributed by atoms with Gasteiger partial charge in [-0.1, -0.05) is 13.3 Å². The average molecular weight is 166 g/mol. The molecule has 0 spiro atoms. The molecule has 0 aliphatic heterocycles. The summed E-state index contributed by atoms with van der Waals surface area (Å²) in [5.74, 6) is 0. The fraction of sp³-hybridized carbons (Fsp3) is 1.00. The summed E-state index contributed by atoms with van der Waals surface area (Å²) in [6.45, 7) is 3.84. The van der Waals surface area contributed by atoms with Gasteiger partial charge >= 0.3 is 0 Å². The molecular weight excluding hydrogens is 150 g/mol. The van der Waals surface area contributed by atoms with Crippen LogP contribution in [-0.4, -0.2) is 28.7 Å². The number of likely N-dealkylation sites (N-methyl/N-ethyl adjacent to an activating group) is 1. The minimum atomic E-state index is -0.345. The van der Waals surface area contributed by atoms with Gasteiger partial charge in [-0.3, -0.25) is 0 Å². The highest BCUT2D eigenvalue weighted by atomic mass is 35.5. The van der Waals surface area contributed by atoms with Crippen LogP contribution in [0.15, 0.2) is 0 Å². The summed E-state index contributed by atoms with van der Waals surface area (Å²) < 4.78 is 1.55. The van der Waals surface area contributed by atoms with Crippen LogP contribution >= 0.6 is 11.8 Å². The number of aliphatic hydroxyl groups excluding tert-OH is 1. The highest BCUT2D eigenvalue weighted by Gasteiger charge is 2.16. The number of hydrogen-bond donors (Lipinski definition) is 1. The molecule has 3 heteroatoms. The molecule has 0 aromatic carbocycles. The molecule has 2 atom stereocenters. The van der Waals surface area contributed by atoms with Crippen molar-refractivity contribution in [3.8, 4) is 0 Å². The summed E-state index contributed by atoms with van der Waals surface area (Å²) in [4.78, 5) is 0. The largest absolute Gasteiger partial charge is 0.392 e. The smallest absolute Gasteiger partial charge is 0.0680 e. The van der Waals surface area contributed by atoms with Crippen LogP contribution in [-0.2, 0) is 0 Å². The summed E-state index contributed by atoms with van der Waals surface area (Å²) >= 11 is 5.69. The number of rotatable bonds is 4. The molecule has 10 heavy (non-hydrogen) atoms. The minimum absolute atomic E-state index is 0.0895. The van der Waals surface area contributed by atoms with Crippen LogP contribution in [0, 0.1) is 0 Å². The molecule has 0 saturated heterocycles. The van der Waals surface area contributed by atoms with Crippen LogP contribution < -0.4 is 0 Å². The quantitative estimate of drug-likeness (QED) is 0.640. The maximum atomic E-state index is 9.19. The van der Waals surface area contributed by atoms with Gasteiger partial charge in [0.2, 0.25) is 0 Å². The third-order valence-corrected chi connectivity index (χ3v) is 1.85. The van der Waals surface area contributed by atoms with Crippen molar-refractivity contribution in [1.82, 2.24) is 4.42 Å². The van der Waals surface area contributed by atoms with Crippen LogP contribution in [0.5, 0.6) is 0 Å². The standard InChI is InChI=1S/C7H16ClNO/c1-4-5-7(6(2)10)9(3)8/h6-7,10H,4-5H2,1-3H3/t6-,7+/m1/s1. The van der Waals surface area contributed by atoms with E-state index in [0.717, 1.165) is 12.8 Å². The van der Waals surface area contributed by atoms with Crippen LogP contribution in [0.3, 0.4) is 0 Å². The molecule has 0 radical (unpaired) electrons. The van der Waals surface area contributed by atoms with Gasteiger partial charge in [0, 0.05) is 7.05 Å². The summed E-state index contributed by atoms with van der Waals surface area (Å²) in [6, 6.07) is 0.0895. The van der Waals surface area contributed by atoms with Crippen molar-refractivity contribution >= 4 is 11.8 Å². The van der Waals surface area contributed by atoms with E-state index in [9.17, 15) is 5.11 Å². The van der Waals surface area contributed by atoms with E-state index in [4.69, 9.17) is 11.8 Å². The summed E-state index contributed by atoms with van der Waals surface area (Å²) in [6.07, 6.45) is 1.65. The lowest BCUT2D eigenvalue weighted by molar-refractivity contribution is 0.110. The van der Waals surface area contributed by atoms with Gasteiger partial charge in [-0.25, -0.2) is 4.42 Å². The van der Waals surface area contributed by atoms with Crippen molar-refractivity contribution in [2.24, 2.45) is 0 Å².